The van der Waals surface area contributed by atoms with Gasteiger partial charge in [-0.15, -0.1) is 0 Å². The number of hydrogen-bond donors (Lipinski definition) is 1. The number of ether oxygens (including phenoxy) is 1. The van der Waals surface area contributed by atoms with Gasteiger partial charge in [0.25, 0.3) is 9.70 Å². The zero-order chi connectivity index (χ0) is 17.3. The van der Waals surface area contributed by atoms with Crippen molar-refractivity contribution in [3.05, 3.63) is 47.7 Å². The topological polar surface area (TPSA) is 55.4 Å². The van der Waals surface area contributed by atoms with Gasteiger partial charge in [0.15, 0.2) is 0 Å². The molecule has 126 valence electrons. The summed E-state index contributed by atoms with van der Waals surface area (Å²) in [6.07, 6.45) is 3.17. The fourth-order valence-electron chi connectivity index (χ4n) is 1.84. The van der Waals surface area contributed by atoms with Crippen LogP contribution in [0.25, 0.3) is 0 Å². The van der Waals surface area contributed by atoms with E-state index in [-0.39, 0.29) is 6.61 Å². The van der Waals surface area contributed by atoms with Crippen LogP contribution < -0.4 is 5.32 Å². The number of alkyl halides is 3. The predicted octanol–water partition coefficient (Wildman–Crippen LogP) is 3.94. The number of carbonyl (C=O) groups excluding carboxylic acids is 2. The number of amides is 1. The third-order valence-electron chi connectivity index (χ3n) is 2.86. The average Bonchev–Trinajstić information content (AvgIpc) is 2.47. The standard InChI is InChI=1S/C16H18Cl3NO3/c1-2-23-14(21)11-13(20-15(22)16(17,18)19)10-6-9-12-7-4-3-5-8-12/h3-5,7-8,11H,2,6,9-10H2,1H3,(H,20,22)/b13-11+. The van der Waals surface area contributed by atoms with Gasteiger partial charge in [0.05, 0.1) is 6.61 Å². The molecule has 0 saturated carbocycles. The lowest BCUT2D eigenvalue weighted by Gasteiger charge is -2.14. The average molecular weight is 379 g/mol. The molecule has 1 N–H and O–H groups in total. The van der Waals surface area contributed by atoms with Crippen molar-refractivity contribution < 1.29 is 14.3 Å². The first kappa shape index (κ1) is 19.8. The Morgan fingerprint density at radius 3 is 2.43 bits per heavy atom. The summed E-state index contributed by atoms with van der Waals surface area (Å²) >= 11 is 16.6. The number of esters is 1. The van der Waals surface area contributed by atoms with Gasteiger partial charge in [-0.05, 0) is 31.7 Å². The molecule has 7 heteroatoms. The second kappa shape index (κ2) is 9.81. The summed E-state index contributed by atoms with van der Waals surface area (Å²) in [6.45, 7) is 1.94. The zero-order valence-electron chi connectivity index (χ0n) is 12.7. The van der Waals surface area contributed by atoms with Gasteiger partial charge in [-0.25, -0.2) is 4.79 Å². The molecule has 0 unspecified atom stereocenters. The quantitative estimate of drug-likeness (QED) is 0.444. The van der Waals surface area contributed by atoms with Gasteiger partial charge in [0.1, 0.15) is 0 Å². The first-order chi connectivity index (χ1) is 10.8. The van der Waals surface area contributed by atoms with Gasteiger partial charge < -0.3 is 10.1 Å². The smallest absolute Gasteiger partial charge is 0.332 e. The minimum Gasteiger partial charge on any atom is -0.463 e. The second-order valence-corrected chi connectivity index (χ2v) is 6.99. The lowest BCUT2D eigenvalue weighted by molar-refractivity contribution is -0.137. The third-order valence-corrected chi connectivity index (χ3v) is 3.38. The molecule has 0 atom stereocenters. The molecule has 1 aromatic carbocycles. The summed E-state index contributed by atoms with van der Waals surface area (Å²) in [5.41, 5.74) is 1.52. The number of halogens is 3. The summed E-state index contributed by atoms with van der Waals surface area (Å²) in [6, 6.07) is 9.87. The lowest BCUT2D eigenvalue weighted by Crippen LogP contribution is -2.34. The number of rotatable bonds is 7. The maximum atomic E-state index is 11.7. The molecule has 0 heterocycles. The number of carbonyl (C=O) groups is 2. The molecule has 0 spiro atoms. The minimum atomic E-state index is -2.09. The zero-order valence-corrected chi connectivity index (χ0v) is 14.9. The summed E-state index contributed by atoms with van der Waals surface area (Å²) in [5, 5.41) is 2.46. The van der Waals surface area contributed by atoms with Crippen LogP contribution in [0.1, 0.15) is 25.3 Å². The maximum Gasteiger partial charge on any atom is 0.332 e. The monoisotopic (exact) mass is 377 g/mol. The normalized spacial score (nSPS) is 11.9. The second-order valence-electron chi connectivity index (χ2n) is 4.71. The van der Waals surface area contributed by atoms with Crippen LogP contribution in [0.3, 0.4) is 0 Å². The number of hydrogen-bond acceptors (Lipinski definition) is 3. The Bertz CT molecular complexity index is 553. The van der Waals surface area contributed by atoms with Crippen LogP contribution in [0.15, 0.2) is 42.1 Å². The largest absolute Gasteiger partial charge is 0.463 e. The Kier molecular flexibility index (Phi) is 8.45. The van der Waals surface area contributed by atoms with Crippen LogP contribution in [0, 0.1) is 0 Å². The highest BCUT2D eigenvalue weighted by Gasteiger charge is 2.31. The summed E-state index contributed by atoms with van der Waals surface area (Å²) in [7, 11) is 0. The number of aryl methyl sites for hydroxylation is 1. The number of nitrogens with one attached hydrogen (secondary N) is 1. The van der Waals surface area contributed by atoms with Crippen LogP contribution in [0.4, 0.5) is 0 Å². The first-order valence-electron chi connectivity index (χ1n) is 7.12. The lowest BCUT2D eigenvalue weighted by atomic mass is 10.1. The molecule has 0 aliphatic heterocycles. The molecule has 0 bridgehead atoms. The summed E-state index contributed by atoms with van der Waals surface area (Å²) in [4.78, 5) is 23.3. The van der Waals surface area contributed by atoms with Crippen LogP contribution in [0.5, 0.6) is 0 Å². The van der Waals surface area contributed by atoms with Crippen molar-refractivity contribution in [2.24, 2.45) is 0 Å². The molecule has 23 heavy (non-hydrogen) atoms. The van der Waals surface area contributed by atoms with Crippen LogP contribution in [-0.2, 0) is 20.7 Å². The van der Waals surface area contributed by atoms with Crippen LogP contribution in [-0.4, -0.2) is 22.3 Å². The van der Waals surface area contributed by atoms with Crippen molar-refractivity contribution in [2.75, 3.05) is 6.61 Å². The molecule has 0 aliphatic carbocycles. The SMILES string of the molecule is CCOC(=O)/C=C(\CCCc1ccccc1)NC(=O)C(Cl)(Cl)Cl. The number of benzene rings is 1. The Hall–Kier alpha value is -1.23. The van der Waals surface area contributed by atoms with E-state index in [1.165, 1.54) is 6.08 Å². The van der Waals surface area contributed by atoms with Crippen molar-refractivity contribution in [1.82, 2.24) is 5.32 Å². The molecule has 0 aliphatic rings. The van der Waals surface area contributed by atoms with E-state index >= 15 is 0 Å². The molecule has 1 rings (SSSR count). The molecule has 4 nitrogen and oxygen atoms in total. The molecule has 0 fully saturated rings. The Balaban J connectivity index is 2.67. The summed E-state index contributed by atoms with van der Waals surface area (Å²) < 4.78 is 2.75. The van der Waals surface area contributed by atoms with Crippen molar-refractivity contribution >= 4 is 46.7 Å². The fraction of sp³-hybridized carbons (Fsp3) is 0.375. The van der Waals surface area contributed by atoms with Gasteiger partial charge >= 0.3 is 5.97 Å². The molecular weight excluding hydrogens is 361 g/mol. The van der Waals surface area contributed by atoms with Crippen molar-refractivity contribution in [2.45, 2.75) is 30.0 Å². The van der Waals surface area contributed by atoms with Crippen molar-refractivity contribution in [3.63, 3.8) is 0 Å². The predicted molar refractivity (Wildman–Crippen MR) is 92.5 cm³/mol. The molecule has 0 saturated heterocycles. The van der Waals surface area contributed by atoms with E-state index in [0.29, 0.717) is 12.1 Å². The Morgan fingerprint density at radius 1 is 1.22 bits per heavy atom. The van der Waals surface area contributed by atoms with E-state index in [0.717, 1.165) is 18.4 Å². The van der Waals surface area contributed by atoms with Gasteiger partial charge in [0.2, 0.25) is 0 Å². The molecular formula is C16H18Cl3NO3. The van der Waals surface area contributed by atoms with Gasteiger partial charge in [0, 0.05) is 11.8 Å². The number of allylic oxidation sites excluding steroid dienone is 1. The van der Waals surface area contributed by atoms with E-state index in [9.17, 15) is 9.59 Å². The Morgan fingerprint density at radius 2 is 1.87 bits per heavy atom. The van der Waals surface area contributed by atoms with Crippen molar-refractivity contribution in [3.8, 4) is 0 Å². The van der Waals surface area contributed by atoms with Gasteiger partial charge in [-0.1, -0.05) is 65.1 Å². The van der Waals surface area contributed by atoms with Gasteiger partial charge in [-0.3, -0.25) is 4.79 Å². The van der Waals surface area contributed by atoms with Crippen LogP contribution in [0.2, 0.25) is 0 Å². The van der Waals surface area contributed by atoms with E-state index in [4.69, 9.17) is 39.5 Å². The maximum absolute atomic E-state index is 11.7. The highest BCUT2D eigenvalue weighted by Crippen LogP contribution is 2.26. The molecule has 1 aromatic rings. The Labute approximate surface area is 150 Å². The molecule has 0 radical (unpaired) electrons. The van der Waals surface area contributed by atoms with Gasteiger partial charge in [-0.2, -0.15) is 0 Å². The minimum absolute atomic E-state index is 0.241. The van der Waals surface area contributed by atoms with E-state index in [1.807, 2.05) is 30.3 Å². The highest BCUT2D eigenvalue weighted by molar-refractivity contribution is 6.76. The van der Waals surface area contributed by atoms with E-state index in [2.05, 4.69) is 5.32 Å². The summed E-state index contributed by atoms with van der Waals surface area (Å²) in [5.74, 6) is -1.36. The highest BCUT2D eigenvalue weighted by atomic mass is 35.6. The molecule has 1 amide bonds. The fourth-order valence-corrected chi connectivity index (χ4v) is 1.98. The van der Waals surface area contributed by atoms with E-state index < -0.39 is 15.7 Å². The van der Waals surface area contributed by atoms with Crippen LogP contribution >= 0.6 is 34.8 Å². The molecule has 0 aromatic heterocycles. The van der Waals surface area contributed by atoms with E-state index in [1.54, 1.807) is 6.92 Å². The van der Waals surface area contributed by atoms with Crippen molar-refractivity contribution in [1.29, 1.82) is 0 Å². The third kappa shape index (κ3) is 8.26. The first-order valence-corrected chi connectivity index (χ1v) is 8.25.